The first kappa shape index (κ1) is 28.7. The maximum Gasteiger partial charge on any atom is 0.416 e. The summed E-state index contributed by atoms with van der Waals surface area (Å²) in [5.41, 5.74) is -0.585. The summed E-state index contributed by atoms with van der Waals surface area (Å²) < 4.78 is 77.6. The monoisotopic (exact) mass is 602 g/mol. The fourth-order valence-corrected chi connectivity index (χ4v) is 4.72. The molecule has 0 aliphatic heterocycles. The number of ether oxygens (including phenoxy) is 2. The highest BCUT2D eigenvalue weighted by molar-refractivity contribution is 7.98. The number of rotatable bonds is 9. The van der Waals surface area contributed by atoms with Crippen LogP contribution in [0.3, 0.4) is 0 Å². The lowest BCUT2D eigenvalue weighted by molar-refractivity contribution is -0.137. The van der Waals surface area contributed by atoms with Crippen molar-refractivity contribution in [2.45, 2.75) is 23.7 Å². The topological polar surface area (TPSA) is 96.4 Å². The van der Waals surface area contributed by atoms with E-state index in [2.05, 4.69) is 20.2 Å². The van der Waals surface area contributed by atoms with Crippen LogP contribution in [0.4, 0.5) is 22.0 Å². The van der Waals surface area contributed by atoms with Crippen LogP contribution in [0.5, 0.6) is 11.6 Å². The Morgan fingerprint density at radius 2 is 1.69 bits per heavy atom. The van der Waals surface area contributed by atoms with Crippen LogP contribution >= 0.6 is 11.8 Å². The molecule has 0 N–H and O–H groups in total. The van der Waals surface area contributed by atoms with Crippen LogP contribution in [0.25, 0.3) is 17.4 Å². The van der Waals surface area contributed by atoms with Crippen LogP contribution in [-0.2, 0) is 18.5 Å². The van der Waals surface area contributed by atoms with E-state index in [1.54, 1.807) is 19.2 Å². The Morgan fingerprint density at radius 3 is 2.31 bits per heavy atom. The van der Waals surface area contributed by atoms with Gasteiger partial charge in [0.2, 0.25) is 5.88 Å². The fourth-order valence-electron chi connectivity index (χ4n) is 3.79. The Morgan fingerprint density at radius 1 is 0.976 bits per heavy atom. The summed E-state index contributed by atoms with van der Waals surface area (Å²) in [4.78, 5) is 22.0. The van der Waals surface area contributed by atoms with E-state index >= 15 is 0 Å². The summed E-state index contributed by atoms with van der Waals surface area (Å²) in [7, 11) is 1.56. The zero-order chi connectivity index (χ0) is 29.9. The summed E-state index contributed by atoms with van der Waals surface area (Å²) in [5, 5.41) is 8.25. The highest BCUT2D eigenvalue weighted by Crippen LogP contribution is 2.30. The van der Waals surface area contributed by atoms with Gasteiger partial charge in [-0.15, -0.1) is 9.73 Å². The third-order valence-electron chi connectivity index (χ3n) is 5.86. The van der Waals surface area contributed by atoms with Gasteiger partial charge >= 0.3 is 6.18 Å². The predicted molar refractivity (Wildman–Crippen MR) is 143 cm³/mol. The molecule has 216 valence electrons. The number of fused-ring (bicyclic) bond motifs is 1. The number of aromatic nitrogens is 6. The van der Waals surface area contributed by atoms with Gasteiger partial charge in [-0.25, -0.2) is 14.5 Å². The average molecular weight is 603 g/mol. The number of thioether (sulfide) groups is 1. The molecule has 0 amide bonds. The molecule has 9 nitrogen and oxygen atoms in total. The van der Waals surface area contributed by atoms with Gasteiger partial charge in [0.1, 0.15) is 12.4 Å². The third-order valence-corrected chi connectivity index (χ3v) is 6.86. The van der Waals surface area contributed by atoms with Crippen molar-refractivity contribution in [3.05, 3.63) is 106 Å². The van der Waals surface area contributed by atoms with Crippen molar-refractivity contribution in [3.63, 3.8) is 0 Å². The van der Waals surface area contributed by atoms with E-state index in [4.69, 9.17) is 9.47 Å². The van der Waals surface area contributed by atoms with E-state index in [1.807, 2.05) is 12.1 Å². The van der Waals surface area contributed by atoms with Crippen LogP contribution in [0.2, 0.25) is 0 Å². The zero-order valence-electron chi connectivity index (χ0n) is 21.5. The van der Waals surface area contributed by atoms with E-state index in [-0.39, 0.29) is 40.3 Å². The van der Waals surface area contributed by atoms with E-state index in [0.717, 1.165) is 44.9 Å². The highest BCUT2D eigenvalue weighted by atomic mass is 32.2. The van der Waals surface area contributed by atoms with E-state index < -0.39 is 23.4 Å². The Hall–Kier alpha value is -4.79. The molecule has 0 radical (unpaired) electrons. The molecular formula is C27H19F5N6O3S. The molecular weight excluding hydrogens is 583 g/mol. The van der Waals surface area contributed by atoms with Gasteiger partial charge in [0.15, 0.2) is 16.5 Å². The van der Waals surface area contributed by atoms with Crippen LogP contribution < -0.4 is 15.0 Å². The van der Waals surface area contributed by atoms with Gasteiger partial charge in [-0.2, -0.15) is 27.1 Å². The normalized spacial score (nSPS) is 11.5. The maximum absolute atomic E-state index is 13.6. The lowest BCUT2D eigenvalue weighted by atomic mass is 10.1. The molecule has 0 aliphatic carbocycles. The van der Waals surface area contributed by atoms with Crippen molar-refractivity contribution in [2.24, 2.45) is 0 Å². The summed E-state index contributed by atoms with van der Waals surface area (Å²) >= 11 is 1.01. The molecule has 3 heterocycles. The molecule has 0 saturated heterocycles. The van der Waals surface area contributed by atoms with Crippen LogP contribution in [0, 0.1) is 0 Å². The molecule has 2 aromatic carbocycles. The molecule has 0 fully saturated rings. The molecule has 5 rings (SSSR count). The van der Waals surface area contributed by atoms with Gasteiger partial charge in [-0.3, -0.25) is 4.79 Å². The Kier molecular flexibility index (Phi) is 8.20. The van der Waals surface area contributed by atoms with Gasteiger partial charge in [0, 0.05) is 17.4 Å². The first-order chi connectivity index (χ1) is 20.1. The Labute approximate surface area is 238 Å². The SMILES string of the molecule is COc1ccc(COc2cnc(-n3c(SCc4ccc(C(F)(F)F)cc4)nn4ncc(C=C(F)F)c4c3=O)cn2)cc1. The smallest absolute Gasteiger partial charge is 0.416 e. The quantitative estimate of drug-likeness (QED) is 0.154. The van der Waals surface area contributed by atoms with E-state index in [9.17, 15) is 26.7 Å². The zero-order valence-corrected chi connectivity index (χ0v) is 22.4. The van der Waals surface area contributed by atoms with Crippen LogP contribution in [-0.4, -0.2) is 36.5 Å². The van der Waals surface area contributed by atoms with Gasteiger partial charge < -0.3 is 9.47 Å². The second kappa shape index (κ2) is 12.0. The van der Waals surface area contributed by atoms with Crippen molar-refractivity contribution in [1.29, 1.82) is 0 Å². The molecule has 5 aromatic rings. The first-order valence-corrected chi connectivity index (χ1v) is 13.0. The molecule has 0 unspecified atom stereocenters. The average Bonchev–Trinajstić information content (AvgIpc) is 3.37. The number of alkyl halides is 3. The Balaban J connectivity index is 1.46. The lowest BCUT2D eigenvalue weighted by Crippen LogP contribution is -2.26. The van der Waals surface area contributed by atoms with Gasteiger partial charge in [0.05, 0.1) is 31.3 Å². The first-order valence-electron chi connectivity index (χ1n) is 12.0. The largest absolute Gasteiger partial charge is 0.497 e. The summed E-state index contributed by atoms with van der Waals surface area (Å²) in [6.45, 7) is 0.181. The van der Waals surface area contributed by atoms with Gasteiger partial charge in [0.25, 0.3) is 11.6 Å². The van der Waals surface area contributed by atoms with Crippen molar-refractivity contribution < 1.29 is 31.4 Å². The lowest BCUT2D eigenvalue weighted by Gasteiger charge is -2.12. The molecule has 15 heteroatoms. The summed E-state index contributed by atoms with van der Waals surface area (Å²) in [6, 6.07) is 11.7. The highest BCUT2D eigenvalue weighted by Gasteiger charge is 2.30. The summed E-state index contributed by atoms with van der Waals surface area (Å²) in [5.74, 6) is 0.985. The molecule has 0 aliphatic rings. The third kappa shape index (κ3) is 6.40. The predicted octanol–water partition coefficient (Wildman–Crippen LogP) is 5.81. The minimum Gasteiger partial charge on any atom is -0.497 e. The van der Waals surface area contributed by atoms with E-state index in [0.29, 0.717) is 17.4 Å². The molecule has 0 saturated carbocycles. The number of hydrogen-bond acceptors (Lipinski definition) is 8. The molecule has 0 bridgehead atoms. The molecule has 0 spiro atoms. The molecule has 0 atom stereocenters. The minimum absolute atomic E-state index is 0.0126. The number of benzene rings is 2. The number of halogens is 5. The molecule has 3 aromatic heterocycles. The molecule has 42 heavy (non-hydrogen) atoms. The number of hydrogen-bond donors (Lipinski definition) is 0. The number of methoxy groups -OCH3 is 1. The van der Waals surface area contributed by atoms with E-state index in [1.165, 1.54) is 24.5 Å². The standard InChI is InChI=1S/C27H19F5N6O3S/c1-40-20-8-4-16(5-9-20)14-41-23-13-33-22(12-34-23)37-25(39)24-18(10-21(28)29)11-35-38(24)36-26(37)42-15-17-2-6-19(7-3-17)27(30,31)32/h2-13H,14-15H2,1H3. The summed E-state index contributed by atoms with van der Waals surface area (Å²) in [6.07, 6.45) is -2.40. The van der Waals surface area contributed by atoms with Crippen molar-refractivity contribution in [2.75, 3.05) is 7.11 Å². The van der Waals surface area contributed by atoms with Gasteiger partial charge in [-0.1, -0.05) is 36.0 Å². The van der Waals surface area contributed by atoms with Crippen molar-refractivity contribution in [3.8, 4) is 17.4 Å². The Bertz CT molecular complexity index is 1780. The number of nitrogens with zero attached hydrogens (tertiary/aromatic N) is 6. The van der Waals surface area contributed by atoms with Crippen molar-refractivity contribution in [1.82, 2.24) is 29.4 Å². The van der Waals surface area contributed by atoms with Crippen LogP contribution in [0.15, 0.2) is 83.2 Å². The minimum atomic E-state index is -4.48. The second-order valence-corrected chi connectivity index (χ2v) is 9.57. The van der Waals surface area contributed by atoms with Gasteiger partial charge in [-0.05, 0) is 35.4 Å². The fraction of sp³-hybridized carbons (Fsp3) is 0.148. The van der Waals surface area contributed by atoms with Crippen molar-refractivity contribution >= 4 is 23.4 Å². The van der Waals surface area contributed by atoms with Crippen LogP contribution in [0.1, 0.15) is 22.3 Å². The maximum atomic E-state index is 13.6. The second-order valence-electron chi connectivity index (χ2n) is 8.63.